The molecule has 3 atom stereocenters. The predicted molar refractivity (Wildman–Crippen MR) is 176 cm³/mol. The number of rotatable bonds is 9. The number of fused-ring (bicyclic) bond motifs is 5. The number of benzene rings is 1. The number of hydrogen-bond donors (Lipinski definition) is 2. The van der Waals surface area contributed by atoms with Crippen molar-refractivity contribution in [3.63, 3.8) is 0 Å². The Hall–Kier alpha value is -3.66. The van der Waals surface area contributed by atoms with Gasteiger partial charge < -0.3 is 29.7 Å². The number of aromatic amines is 1. The van der Waals surface area contributed by atoms with Crippen LogP contribution in [0.5, 0.6) is 0 Å². The van der Waals surface area contributed by atoms with Crippen molar-refractivity contribution in [1.29, 1.82) is 0 Å². The molecule has 10 nitrogen and oxygen atoms in total. The molecule has 1 aliphatic carbocycles. The van der Waals surface area contributed by atoms with Crippen molar-refractivity contribution >= 4 is 34.5 Å². The molecule has 2 fully saturated rings. The van der Waals surface area contributed by atoms with Crippen LogP contribution in [-0.4, -0.2) is 96.8 Å². The highest BCUT2D eigenvalue weighted by molar-refractivity contribution is 5.93. The first kappa shape index (κ1) is 32.3. The van der Waals surface area contributed by atoms with Crippen molar-refractivity contribution in [2.24, 2.45) is 11.8 Å². The summed E-state index contributed by atoms with van der Waals surface area (Å²) in [5.74, 6) is -1.12. The largest absolute Gasteiger partial charge is 0.378 e. The number of morpholine rings is 1. The summed E-state index contributed by atoms with van der Waals surface area (Å²) < 4.78 is 5.55. The fourth-order valence-corrected chi connectivity index (χ4v) is 8.06. The van der Waals surface area contributed by atoms with Gasteiger partial charge in [-0.3, -0.25) is 19.2 Å². The van der Waals surface area contributed by atoms with Gasteiger partial charge in [-0.1, -0.05) is 23.8 Å². The van der Waals surface area contributed by atoms with E-state index < -0.39 is 17.4 Å². The fraction of sp³-hybridized carbons (Fsp3) is 0.611. The van der Waals surface area contributed by atoms with Gasteiger partial charge in [-0.25, -0.2) is 0 Å². The minimum atomic E-state index is -0.874. The van der Waals surface area contributed by atoms with Gasteiger partial charge in [0.2, 0.25) is 23.6 Å². The summed E-state index contributed by atoms with van der Waals surface area (Å²) in [6.45, 7) is 5.14. The SMILES string of the molecule is CN(C)C(=O)CCc1ccc2c3c([nH]c2c1)[C@]1(C)[C@@H](C(=O)N2CCOCC2)C[C@H](CC(=O)NCCC2=CCCCC2)C(=O)N1CC3. The number of nitrogens with one attached hydrogen (secondary N) is 2. The number of aromatic nitrogens is 1. The lowest BCUT2D eigenvalue weighted by atomic mass is 9.67. The van der Waals surface area contributed by atoms with Gasteiger partial charge in [-0.15, -0.1) is 0 Å². The number of carbonyl (C=O) groups is 4. The summed E-state index contributed by atoms with van der Waals surface area (Å²) in [6, 6.07) is 6.29. The molecule has 0 radical (unpaired) electrons. The monoisotopic (exact) mass is 631 g/mol. The first-order chi connectivity index (χ1) is 22.2. The highest BCUT2D eigenvalue weighted by Gasteiger charge is 2.57. The molecule has 6 rings (SSSR count). The molecule has 0 bridgehead atoms. The third-order valence-electron chi connectivity index (χ3n) is 10.8. The van der Waals surface area contributed by atoms with Crippen molar-refractivity contribution in [3.8, 4) is 0 Å². The van der Waals surface area contributed by atoms with Crippen LogP contribution in [0, 0.1) is 11.8 Å². The van der Waals surface area contributed by atoms with E-state index in [0.717, 1.165) is 47.0 Å². The van der Waals surface area contributed by atoms with Crippen molar-refractivity contribution in [1.82, 2.24) is 25.0 Å². The Kier molecular flexibility index (Phi) is 9.54. The molecule has 0 unspecified atom stereocenters. The molecule has 4 aliphatic rings. The Bertz CT molecular complexity index is 1520. The van der Waals surface area contributed by atoms with Crippen LogP contribution < -0.4 is 5.32 Å². The zero-order chi connectivity index (χ0) is 32.4. The molecule has 46 heavy (non-hydrogen) atoms. The van der Waals surface area contributed by atoms with E-state index in [1.165, 1.54) is 18.4 Å². The molecule has 0 spiro atoms. The maximum Gasteiger partial charge on any atom is 0.228 e. The van der Waals surface area contributed by atoms with Crippen molar-refractivity contribution < 1.29 is 23.9 Å². The lowest BCUT2D eigenvalue weighted by Gasteiger charge is -2.54. The average Bonchev–Trinajstić information content (AvgIpc) is 3.44. The third kappa shape index (κ3) is 6.33. The van der Waals surface area contributed by atoms with E-state index in [2.05, 4.69) is 34.6 Å². The average molecular weight is 632 g/mol. The second-order valence-corrected chi connectivity index (χ2v) is 13.9. The molecule has 1 aromatic heterocycles. The molecule has 3 aliphatic heterocycles. The minimum absolute atomic E-state index is 0.0207. The number of nitrogens with zero attached hydrogens (tertiary/aromatic N) is 3. The maximum absolute atomic E-state index is 14.4. The second-order valence-electron chi connectivity index (χ2n) is 13.9. The molecule has 0 saturated carbocycles. The van der Waals surface area contributed by atoms with Crippen LogP contribution >= 0.6 is 0 Å². The molecule has 4 amide bonds. The van der Waals surface area contributed by atoms with Gasteiger partial charge in [0, 0.05) is 75.6 Å². The molecule has 2 aromatic rings. The van der Waals surface area contributed by atoms with Crippen molar-refractivity contribution in [3.05, 3.63) is 46.7 Å². The smallest absolute Gasteiger partial charge is 0.228 e. The van der Waals surface area contributed by atoms with E-state index >= 15 is 0 Å². The number of ether oxygens (including phenoxy) is 1. The molecule has 1 aromatic carbocycles. The molecular formula is C36H49N5O5. The highest BCUT2D eigenvalue weighted by atomic mass is 16.5. The summed E-state index contributed by atoms with van der Waals surface area (Å²) in [6.07, 6.45) is 9.96. The lowest BCUT2D eigenvalue weighted by Crippen LogP contribution is -2.65. The highest BCUT2D eigenvalue weighted by Crippen LogP contribution is 2.50. The van der Waals surface area contributed by atoms with E-state index in [4.69, 9.17) is 4.74 Å². The van der Waals surface area contributed by atoms with Gasteiger partial charge >= 0.3 is 0 Å². The van der Waals surface area contributed by atoms with Crippen LogP contribution in [0.3, 0.4) is 0 Å². The standard InChI is InChI=1S/C36H49N5O5/c1-36-29(35(45)40-17-19-46-20-18-40)22-26(23-31(42)37-15-13-24-7-5-4-6-8-24)34(44)41(36)16-14-28-27-11-9-25(10-12-32(43)39(2)3)21-30(27)38-33(28)36/h7,9,11,21,26,29,38H,4-6,8,10,12-20,22-23H2,1-3H3,(H,37,42)/t26-,29-,36+/m1/s1. The summed E-state index contributed by atoms with van der Waals surface area (Å²) in [5, 5.41) is 4.15. The van der Waals surface area contributed by atoms with Gasteiger partial charge in [0.05, 0.1) is 24.7 Å². The first-order valence-corrected chi connectivity index (χ1v) is 17.1. The molecule has 10 heteroatoms. The molecule has 2 N–H and O–H groups in total. The Labute approximate surface area is 271 Å². The van der Waals surface area contributed by atoms with Crippen LogP contribution in [0.4, 0.5) is 0 Å². The van der Waals surface area contributed by atoms with Gasteiger partial charge in [-0.2, -0.15) is 0 Å². The molecule has 4 heterocycles. The number of amides is 4. The molecular weight excluding hydrogens is 582 g/mol. The van der Waals surface area contributed by atoms with E-state index in [1.807, 2.05) is 16.7 Å². The van der Waals surface area contributed by atoms with Gasteiger partial charge in [0.1, 0.15) is 0 Å². The minimum Gasteiger partial charge on any atom is -0.378 e. The second kappa shape index (κ2) is 13.6. The van der Waals surface area contributed by atoms with Gasteiger partial charge in [-0.05, 0) is 75.5 Å². The maximum atomic E-state index is 14.4. The molecule has 2 saturated heterocycles. The Morgan fingerprint density at radius 1 is 1.09 bits per heavy atom. The van der Waals surface area contributed by atoms with Crippen LogP contribution in [0.2, 0.25) is 0 Å². The zero-order valence-electron chi connectivity index (χ0n) is 27.7. The van der Waals surface area contributed by atoms with Gasteiger partial charge in [0.25, 0.3) is 0 Å². The van der Waals surface area contributed by atoms with E-state index in [-0.39, 0.29) is 30.0 Å². The van der Waals surface area contributed by atoms with Gasteiger partial charge in [0.15, 0.2) is 0 Å². The lowest BCUT2D eigenvalue weighted by molar-refractivity contribution is -0.166. The Balaban J connectivity index is 1.26. The predicted octanol–water partition coefficient (Wildman–Crippen LogP) is 3.68. The Morgan fingerprint density at radius 3 is 2.63 bits per heavy atom. The topological polar surface area (TPSA) is 115 Å². The number of allylic oxidation sites excluding steroid dienone is 1. The summed E-state index contributed by atoms with van der Waals surface area (Å²) in [7, 11) is 3.54. The number of H-pyrrole nitrogens is 1. The normalized spacial score (nSPS) is 24.7. The first-order valence-electron chi connectivity index (χ1n) is 17.1. The van der Waals surface area contributed by atoms with E-state index in [1.54, 1.807) is 19.0 Å². The third-order valence-corrected chi connectivity index (χ3v) is 10.8. The quantitative estimate of drug-likeness (QED) is 0.410. The number of piperidine rings is 1. The van der Waals surface area contributed by atoms with Crippen molar-refractivity contribution in [2.75, 3.05) is 53.5 Å². The Morgan fingerprint density at radius 2 is 1.89 bits per heavy atom. The summed E-state index contributed by atoms with van der Waals surface area (Å²) in [5.41, 5.74) is 4.62. The van der Waals surface area contributed by atoms with Crippen LogP contribution in [0.1, 0.15) is 75.1 Å². The van der Waals surface area contributed by atoms with Crippen LogP contribution in [0.15, 0.2) is 29.8 Å². The number of carbonyl (C=O) groups excluding carboxylic acids is 4. The zero-order valence-corrected chi connectivity index (χ0v) is 27.7. The van der Waals surface area contributed by atoms with Crippen LogP contribution in [0.25, 0.3) is 10.9 Å². The van der Waals surface area contributed by atoms with E-state index in [0.29, 0.717) is 65.1 Å². The molecule has 248 valence electrons. The fourth-order valence-electron chi connectivity index (χ4n) is 8.06. The summed E-state index contributed by atoms with van der Waals surface area (Å²) in [4.78, 5) is 63.0. The van der Waals surface area contributed by atoms with Crippen molar-refractivity contribution in [2.45, 2.75) is 76.7 Å². The number of aryl methyl sites for hydroxylation is 1. The summed E-state index contributed by atoms with van der Waals surface area (Å²) >= 11 is 0. The van der Waals surface area contributed by atoms with Crippen LogP contribution in [-0.2, 0) is 42.3 Å². The number of hydrogen-bond acceptors (Lipinski definition) is 5. The van der Waals surface area contributed by atoms with E-state index in [9.17, 15) is 19.2 Å².